The number of carbonyl (C=O) groups excluding carboxylic acids is 1. The number of H-pyrrole nitrogens is 1. The van der Waals surface area contributed by atoms with Gasteiger partial charge in [-0.15, -0.1) is 0 Å². The van der Waals surface area contributed by atoms with E-state index < -0.39 is 17.3 Å². The van der Waals surface area contributed by atoms with E-state index in [4.69, 9.17) is 4.74 Å². The predicted molar refractivity (Wildman–Crippen MR) is 51.7 cm³/mol. The molecule has 1 heterocycles. The molecule has 0 bridgehead atoms. The third-order valence-corrected chi connectivity index (χ3v) is 2.17. The van der Waals surface area contributed by atoms with Gasteiger partial charge in [0.2, 0.25) is 5.69 Å². The third kappa shape index (κ3) is 1.89. The molecule has 1 aromatic heterocycles. The minimum absolute atomic E-state index is 0.413. The van der Waals surface area contributed by atoms with Crippen molar-refractivity contribution < 1.29 is 23.8 Å². The number of ether oxygens (including phenoxy) is 1. The zero-order chi connectivity index (χ0) is 12.4. The van der Waals surface area contributed by atoms with Crippen molar-refractivity contribution in [2.75, 3.05) is 7.11 Å². The van der Waals surface area contributed by atoms with Crippen LogP contribution in [0.5, 0.6) is 5.75 Å². The van der Waals surface area contributed by atoms with Crippen LogP contribution in [0.3, 0.4) is 0 Å². The molecule has 0 unspecified atom stereocenters. The second kappa shape index (κ2) is 4.12. The zero-order valence-corrected chi connectivity index (χ0v) is 8.80. The Morgan fingerprint density at radius 1 is 1.41 bits per heavy atom. The average molecular weight is 236 g/mol. The molecule has 1 aromatic carbocycles. The number of nitrogens with zero attached hydrogens (tertiary/aromatic N) is 1. The van der Waals surface area contributed by atoms with E-state index in [0.717, 1.165) is 4.68 Å². The number of aromatic carboxylic acids is 1. The third-order valence-electron chi connectivity index (χ3n) is 2.17. The first-order valence-electron chi connectivity index (χ1n) is 4.63. The average Bonchev–Trinajstić information content (AvgIpc) is 2.71. The molecule has 0 aliphatic heterocycles. The van der Waals surface area contributed by atoms with Crippen molar-refractivity contribution in [2.45, 2.75) is 0 Å². The largest absolute Gasteiger partial charge is 0.539 e. The van der Waals surface area contributed by atoms with Gasteiger partial charge in [0, 0.05) is 12.1 Å². The van der Waals surface area contributed by atoms with E-state index >= 15 is 0 Å². The molecule has 7 heteroatoms. The Balaban J connectivity index is 2.53. The first-order chi connectivity index (χ1) is 8.13. The molecule has 0 saturated carbocycles. The topological polar surface area (TPSA) is 99.2 Å². The van der Waals surface area contributed by atoms with Crippen molar-refractivity contribution >= 4 is 5.97 Å². The summed E-state index contributed by atoms with van der Waals surface area (Å²) in [6, 6.07) is 6.37. The highest BCUT2D eigenvalue weighted by Crippen LogP contribution is 2.10. The van der Waals surface area contributed by atoms with Gasteiger partial charge < -0.3 is 14.6 Å². The Bertz CT molecular complexity index is 596. The van der Waals surface area contributed by atoms with E-state index in [2.05, 4.69) is 9.79 Å². The number of aromatic amines is 1. The summed E-state index contributed by atoms with van der Waals surface area (Å²) < 4.78 is 10.3. The summed E-state index contributed by atoms with van der Waals surface area (Å²) in [7, 11) is 1.51. The SMILES string of the molecule is COc1ccc(-[n+]2[nH]oc(=O)c2C(=O)[O-])cc1. The monoisotopic (exact) mass is 236 g/mol. The van der Waals surface area contributed by atoms with Crippen LogP contribution in [0.15, 0.2) is 33.6 Å². The van der Waals surface area contributed by atoms with Crippen molar-refractivity contribution in [2.24, 2.45) is 0 Å². The van der Waals surface area contributed by atoms with Crippen molar-refractivity contribution in [1.82, 2.24) is 5.27 Å². The van der Waals surface area contributed by atoms with Crippen molar-refractivity contribution in [3.8, 4) is 11.4 Å². The summed E-state index contributed by atoms with van der Waals surface area (Å²) in [4.78, 5) is 21.9. The van der Waals surface area contributed by atoms with Crippen LogP contribution in [0, 0.1) is 0 Å². The van der Waals surface area contributed by atoms with Crippen LogP contribution >= 0.6 is 0 Å². The number of carboxylic acids is 1. The standard InChI is InChI=1S/C10H8N2O5/c1-16-7-4-2-6(3-5-7)12-8(9(13)14)10(15)17-11-12/h2-5H,1H3,(H-,11,13,14,15). The van der Waals surface area contributed by atoms with Crippen LogP contribution in [0.1, 0.15) is 10.5 Å². The molecule has 7 nitrogen and oxygen atoms in total. The number of aromatic nitrogens is 2. The van der Waals surface area contributed by atoms with Gasteiger partial charge in [-0.1, -0.05) is 0 Å². The molecule has 0 fully saturated rings. The Hall–Kier alpha value is -2.57. The molecular formula is C10H8N2O5. The molecule has 17 heavy (non-hydrogen) atoms. The maximum absolute atomic E-state index is 11.1. The predicted octanol–water partition coefficient (Wildman–Crippen LogP) is -1.38. The maximum Gasteiger partial charge on any atom is 0.437 e. The van der Waals surface area contributed by atoms with Crippen LogP contribution in [0.4, 0.5) is 0 Å². The van der Waals surface area contributed by atoms with E-state index in [1.54, 1.807) is 24.3 Å². The summed E-state index contributed by atoms with van der Waals surface area (Å²) >= 11 is 0. The lowest BCUT2D eigenvalue weighted by Crippen LogP contribution is -2.45. The molecule has 0 spiro atoms. The second-order valence-electron chi connectivity index (χ2n) is 3.15. The Morgan fingerprint density at radius 3 is 2.59 bits per heavy atom. The van der Waals surface area contributed by atoms with Crippen LogP contribution in [0.2, 0.25) is 0 Å². The lowest BCUT2D eigenvalue weighted by Gasteiger charge is -1.98. The molecule has 0 radical (unpaired) electrons. The molecule has 1 N–H and O–H groups in total. The van der Waals surface area contributed by atoms with Crippen LogP contribution in [0.25, 0.3) is 5.69 Å². The lowest BCUT2D eigenvalue weighted by molar-refractivity contribution is -0.674. The summed E-state index contributed by atoms with van der Waals surface area (Å²) in [6.07, 6.45) is 0. The molecule has 0 saturated heterocycles. The zero-order valence-electron chi connectivity index (χ0n) is 8.80. The first kappa shape index (κ1) is 10.9. The fourth-order valence-corrected chi connectivity index (χ4v) is 1.36. The van der Waals surface area contributed by atoms with Gasteiger partial charge >= 0.3 is 11.3 Å². The van der Waals surface area contributed by atoms with E-state index in [-0.39, 0.29) is 0 Å². The van der Waals surface area contributed by atoms with Crippen molar-refractivity contribution in [3.63, 3.8) is 0 Å². The van der Waals surface area contributed by atoms with Crippen LogP contribution in [-0.2, 0) is 0 Å². The summed E-state index contributed by atoms with van der Waals surface area (Å²) in [6.45, 7) is 0. The van der Waals surface area contributed by atoms with E-state index in [1.165, 1.54) is 7.11 Å². The number of benzene rings is 1. The quantitative estimate of drug-likeness (QED) is 0.662. The molecular weight excluding hydrogens is 228 g/mol. The Kier molecular flexibility index (Phi) is 2.65. The summed E-state index contributed by atoms with van der Waals surface area (Å²) in [5.74, 6) is -1.01. The molecule has 0 aliphatic rings. The first-order valence-corrected chi connectivity index (χ1v) is 4.63. The van der Waals surface area contributed by atoms with Gasteiger partial charge in [0.05, 0.1) is 7.11 Å². The number of methoxy groups -OCH3 is 1. The number of carbonyl (C=O) groups is 1. The number of rotatable bonds is 3. The highest BCUT2D eigenvalue weighted by molar-refractivity contribution is 5.81. The minimum Gasteiger partial charge on any atom is -0.539 e. The van der Waals surface area contributed by atoms with Gasteiger partial charge in [-0.25, -0.2) is 4.79 Å². The highest BCUT2D eigenvalue weighted by atomic mass is 16.5. The fourth-order valence-electron chi connectivity index (χ4n) is 1.36. The summed E-state index contributed by atoms with van der Waals surface area (Å²) in [5.41, 5.74) is -1.19. The summed E-state index contributed by atoms with van der Waals surface area (Å²) in [5, 5.41) is 12.9. The van der Waals surface area contributed by atoms with E-state index in [1.807, 2.05) is 0 Å². The highest BCUT2D eigenvalue weighted by Gasteiger charge is 2.24. The lowest BCUT2D eigenvalue weighted by atomic mass is 10.3. The van der Waals surface area contributed by atoms with Crippen molar-refractivity contribution in [3.05, 3.63) is 40.4 Å². The number of hydrogen-bond acceptors (Lipinski definition) is 5. The van der Waals surface area contributed by atoms with Gasteiger partial charge in [-0.05, 0) is 22.1 Å². The molecule has 2 aromatic rings. The Morgan fingerprint density at radius 2 is 2.06 bits per heavy atom. The molecule has 0 amide bonds. The molecule has 2 rings (SSSR count). The van der Waals surface area contributed by atoms with Gasteiger partial charge in [0.15, 0.2) is 0 Å². The van der Waals surface area contributed by atoms with Gasteiger partial charge in [0.25, 0.3) is 0 Å². The van der Waals surface area contributed by atoms with Crippen LogP contribution < -0.4 is 20.2 Å². The maximum atomic E-state index is 11.1. The minimum atomic E-state index is -1.61. The normalized spacial score (nSPS) is 10.2. The van der Waals surface area contributed by atoms with E-state index in [0.29, 0.717) is 11.4 Å². The van der Waals surface area contributed by atoms with Crippen LogP contribution in [-0.4, -0.2) is 18.4 Å². The second-order valence-corrected chi connectivity index (χ2v) is 3.15. The van der Waals surface area contributed by atoms with Gasteiger partial charge in [-0.3, -0.25) is 4.52 Å². The van der Waals surface area contributed by atoms with Gasteiger partial charge in [-0.2, -0.15) is 0 Å². The fraction of sp³-hybridized carbons (Fsp3) is 0.100. The smallest absolute Gasteiger partial charge is 0.437 e. The molecule has 0 atom stereocenters. The number of carboxylic acid groups (broad SMARTS) is 1. The van der Waals surface area contributed by atoms with Crippen molar-refractivity contribution in [1.29, 1.82) is 0 Å². The van der Waals surface area contributed by atoms with E-state index in [9.17, 15) is 14.7 Å². The number of nitrogens with one attached hydrogen (secondary N) is 1. The molecule has 88 valence electrons. The Labute approximate surface area is 94.8 Å². The van der Waals surface area contributed by atoms with Gasteiger partial charge in [0.1, 0.15) is 11.7 Å². The molecule has 0 aliphatic carbocycles. The number of hydrogen-bond donors (Lipinski definition) is 1.